The van der Waals surface area contributed by atoms with Gasteiger partial charge < -0.3 is 4.42 Å². The van der Waals surface area contributed by atoms with Gasteiger partial charge in [0, 0.05) is 10.9 Å². The summed E-state index contributed by atoms with van der Waals surface area (Å²) in [6.45, 7) is 1.91. The van der Waals surface area contributed by atoms with Crippen molar-refractivity contribution in [2.75, 3.05) is 0 Å². The summed E-state index contributed by atoms with van der Waals surface area (Å²) in [5.41, 5.74) is 2.21. The summed E-state index contributed by atoms with van der Waals surface area (Å²) in [6, 6.07) is 14.5. The predicted molar refractivity (Wildman–Crippen MR) is 75.8 cm³/mol. The Balaban J connectivity index is 2.12. The largest absolute Gasteiger partial charge is 0.453 e. The number of halogens is 1. The summed E-state index contributed by atoms with van der Waals surface area (Å²) < 4.78 is 5.59. The van der Waals surface area contributed by atoms with Crippen molar-refractivity contribution in [3.63, 3.8) is 0 Å². The van der Waals surface area contributed by atoms with Crippen LogP contribution in [0.1, 0.15) is 21.7 Å². The fourth-order valence-electron chi connectivity index (χ4n) is 2.10. The van der Waals surface area contributed by atoms with Crippen molar-refractivity contribution < 1.29 is 9.21 Å². The highest BCUT2D eigenvalue weighted by molar-refractivity contribution is 6.35. The third-order valence-corrected chi connectivity index (χ3v) is 3.45. The third kappa shape index (κ3) is 2.04. The van der Waals surface area contributed by atoms with Gasteiger partial charge in [0.25, 0.3) is 0 Å². The van der Waals surface area contributed by atoms with Gasteiger partial charge in [0.1, 0.15) is 5.58 Å². The fourth-order valence-corrected chi connectivity index (χ4v) is 2.32. The van der Waals surface area contributed by atoms with Crippen LogP contribution in [0.2, 0.25) is 5.02 Å². The van der Waals surface area contributed by atoms with E-state index in [4.69, 9.17) is 16.0 Å². The van der Waals surface area contributed by atoms with Gasteiger partial charge in [-0.1, -0.05) is 41.9 Å². The van der Waals surface area contributed by atoms with E-state index in [1.165, 1.54) is 0 Å². The van der Waals surface area contributed by atoms with Gasteiger partial charge in [0.15, 0.2) is 5.76 Å². The molecule has 1 aromatic heterocycles. The van der Waals surface area contributed by atoms with Crippen LogP contribution >= 0.6 is 11.6 Å². The van der Waals surface area contributed by atoms with Crippen LogP contribution in [0.5, 0.6) is 0 Å². The van der Waals surface area contributed by atoms with E-state index >= 15 is 0 Å². The number of carbonyl (C=O) groups is 1. The molecule has 94 valence electrons. The molecule has 2 nitrogen and oxygen atoms in total. The van der Waals surface area contributed by atoms with Crippen molar-refractivity contribution in [1.82, 2.24) is 0 Å². The minimum Gasteiger partial charge on any atom is -0.453 e. The average molecular weight is 271 g/mol. The van der Waals surface area contributed by atoms with Crippen molar-refractivity contribution in [2.45, 2.75) is 6.92 Å². The lowest BCUT2D eigenvalue weighted by molar-refractivity contribution is 0.101. The first-order valence-electron chi connectivity index (χ1n) is 5.95. The van der Waals surface area contributed by atoms with Gasteiger partial charge in [-0.2, -0.15) is 0 Å². The monoisotopic (exact) mass is 270 g/mol. The Morgan fingerprint density at radius 1 is 1.11 bits per heavy atom. The maximum Gasteiger partial charge on any atom is 0.228 e. The number of hydrogen-bond donors (Lipinski definition) is 0. The average Bonchev–Trinajstić information content (AvgIpc) is 2.84. The van der Waals surface area contributed by atoms with Crippen molar-refractivity contribution in [2.24, 2.45) is 0 Å². The molecule has 0 atom stereocenters. The molecule has 3 heteroatoms. The van der Waals surface area contributed by atoms with Crippen LogP contribution < -0.4 is 0 Å². The van der Waals surface area contributed by atoms with E-state index in [1.54, 1.807) is 30.3 Å². The Morgan fingerprint density at radius 2 is 1.89 bits per heavy atom. The molecular weight excluding hydrogens is 260 g/mol. The highest BCUT2D eigenvalue weighted by Gasteiger charge is 2.16. The zero-order chi connectivity index (χ0) is 13.4. The van der Waals surface area contributed by atoms with E-state index in [9.17, 15) is 4.79 Å². The molecule has 0 unspecified atom stereocenters. The Morgan fingerprint density at radius 3 is 2.63 bits per heavy atom. The van der Waals surface area contributed by atoms with Crippen LogP contribution in [-0.2, 0) is 0 Å². The maximum absolute atomic E-state index is 12.4. The van der Waals surface area contributed by atoms with Gasteiger partial charge in [-0.25, -0.2) is 0 Å². The van der Waals surface area contributed by atoms with Gasteiger partial charge in [-0.3, -0.25) is 4.79 Å². The Bertz CT molecular complexity index is 771. The molecule has 1 heterocycles. The van der Waals surface area contributed by atoms with Crippen molar-refractivity contribution in [3.8, 4) is 0 Å². The van der Waals surface area contributed by atoms with E-state index in [0.29, 0.717) is 21.9 Å². The molecular formula is C16H11ClO2. The van der Waals surface area contributed by atoms with E-state index in [1.807, 2.05) is 25.1 Å². The van der Waals surface area contributed by atoms with E-state index in [2.05, 4.69) is 0 Å². The number of carbonyl (C=O) groups excluding carboxylic acids is 1. The van der Waals surface area contributed by atoms with Crippen LogP contribution in [-0.4, -0.2) is 5.78 Å². The SMILES string of the molecule is Cc1ccccc1C(=O)c1cc2c(Cl)cccc2o1. The molecule has 3 aromatic rings. The van der Waals surface area contributed by atoms with E-state index in [0.717, 1.165) is 10.9 Å². The first-order chi connectivity index (χ1) is 9.16. The quantitative estimate of drug-likeness (QED) is 0.636. The zero-order valence-corrected chi connectivity index (χ0v) is 11.1. The third-order valence-electron chi connectivity index (χ3n) is 3.12. The van der Waals surface area contributed by atoms with Gasteiger partial charge in [0.2, 0.25) is 5.78 Å². The molecule has 0 aliphatic rings. The first-order valence-corrected chi connectivity index (χ1v) is 6.33. The fraction of sp³-hybridized carbons (Fsp3) is 0.0625. The Kier molecular flexibility index (Phi) is 2.88. The molecule has 0 amide bonds. The highest BCUT2D eigenvalue weighted by Crippen LogP contribution is 2.28. The number of ketones is 1. The Labute approximate surface area is 115 Å². The molecule has 0 saturated carbocycles. The minimum absolute atomic E-state index is 0.120. The number of furan rings is 1. The highest BCUT2D eigenvalue weighted by atomic mass is 35.5. The maximum atomic E-state index is 12.4. The van der Waals surface area contributed by atoms with Crippen LogP contribution in [0.25, 0.3) is 11.0 Å². The van der Waals surface area contributed by atoms with Gasteiger partial charge in [0.05, 0.1) is 5.02 Å². The summed E-state index contributed by atoms with van der Waals surface area (Å²) in [6.07, 6.45) is 0. The molecule has 3 rings (SSSR count). The summed E-state index contributed by atoms with van der Waals surface area (Å²) >= 11 is 6.08. The smallest absolute Gasteiger partial charge is 0.228 e. The molecule has 2 aromatic carbocycles. The number of benzene rings is 2. The number of rotatable bonds is 2. The summed E-state index contributed by atoms with van der Waals surface area (Å²) in [5.74, 6) is 0.197. The van der Waals surface area contributed by atoms with Crippen LogP contribution in [0.15, 0.2) is 52.9 Å². The second kappa shape index (κ2) is 4.56. The number of aryl methyl sites for hydroxylation is 1. The minimum atomic E-state index is -0.120. The lowest BCUT2D eigenvalue weighted by Crippen LogP contribution is -2.01. The second-order valence-corrected chi connectivity index (χ2v) is 4.81. The van der Waals surface area contributed by atoms with Crippen LogP contribution in [0.4, 0.5) is 0 Å². The van der Waals surface area contributed by atoms with Crippen LogP contribution in [0, 0.1) is 6.92 Å². The van der Waals surface area contributed by atoms with Crippen LogP contribution in [0.3, 0.4) is 0 Å². The molecule has 0 N–H and O–H groups in total. The molecule has 0 radical (unpaired) electrons. The molecule has 0 bridgehead atoms. The normalized spacial score (nSPS) is 10.8. The number of hydrogen-bond acceptors (Lipinski definition) is 2. The molecule has 0 aliphatic carbocycles. The summed E-state index contributed by atoms with van der Waals surface area (Å²) in [4.78, 5) is 12.4. The number of fused-ring (bicyclic) bond motifs is 1. The topological polar surface area (TPSA) is 30.2 Å². The lowest BCUT2D eigenvalue weighted by Gasteiger charge is -2.01. The Hall–Kier alpha value is -2.06. The predicted octanol–water partition coefficient (Wildman–Crippen LogP) is 4.63. The molecule has 0 fully saturated rings. The standard InChI is InChI=1S/C16H11ClO2/c1-10-5-2-3-6-11(10)16(18)15-9-12-13(17)7-4-8-14(12)19-15/h2-9H,1H3. The van der Waals surface area contributed by atoms with Crippen molar-refractivity contribution in [3.05, 3.63) is 70.4 Å². The van der Waals surface area contributed by atoms with E-state index < -0.39 is 0 Å². The van der Waals surface area contributed by atoms with E-state index in [-0.39, 0.29) is 5.78 Å². The molecule has 0 saturated heterocycles. The summed E-state index contributed by atoms with van der Waals surface area (Å²) in [5, 5.41) is 1.35. The molecule has 0 spiro atoms. The molecule has 0 aliphatic heterocycles. The van der Waals surface area contributed by atoms with Gasteiger partial charge in [-0.15, -0.1) is 0 Å². The van der Waals surface area contributed by atoms with Crippen molar-refractivity contribution >= 4 is 28.4 Å². The zero-order valence-electron chi connectivity index (χ0n) is 10.3. The molecule has 19 heavy (non-hydrogen) atoms. The van der Waals surface area contributed by atoms with Gasteiger partial charge in [-0.05, 0) is 30.7 Å². The second-order valence-electron chi connectivity index (χ2n) is 4.41. The first kappa shape index (κ1) is 12.0. The van der Waals surface area contributed by atoms with Crippen molar-refractivity contribution in [1.29, 1.82) is 0 Å². The summed E-state index contributed by atoms with van der Waals surface area (Å²) in [7, 11) is 0. The van der Waals surface area contributed by atoms with Gasteiger partial charge >= 0.3 is 0 Å². The lowest BCUT2D eigenvalue weighted by atomic mass is 10.0.